The van der Waals surface area contributed by atoms with Gasteiger partial charge in [0.05, 0.1) is 0 Å². The summed E-state index contributed by atoms with van der Waals surface area (Å²) in [5.41, 5.74) is 1.12. The molecule has 0 fully saturated rings. The minimum absolute atomic E-state index is 0. The first kappa shape index (κ1) is 13.3. The number of hydrogen-bond donors (Lipinski definition) is 0. The molecule has 0 saturated carbocycles. The fourth-order valence-electron chi connectivity index (χ4n) is 1.68. The predicted octanol–water partition coefficient (Wildman–Crippen LogP) is -1.45. The number of pyridine rings is 1. The van der Waals surface area contributed by atoms with Gasteiger partial charge in [0.25, 0.3) is 0 Å². The van der Waals surface area contributed by atoms with E-state index in [0.717, 1.165) is 28.5 Å². The zero-order valence-electron chi connectivity index (χ0n) is 9.82. The number of aryl methyl sites for hydroxylation is 1. The van der Waals surface area contributed by atoms with E-state index in [-0.39, 0.29) is 24.0 Å². The zero-order valence-corrected chi connectivity index (χ0v) is 12.8. The van der Waals surface area contributed by atoms with Crippen LogP contribution in [0.4, 0.5) is 0 Å². The average molecular weight is 373 g/mol. The maximum atomic E-state index is 4.42. The van der Waals surface area contributed by atoms with Gasteiger partial charge in [-0.3, -0.25) is 0 Å². The number of aromatic nitrogens is 5. The van der Waals surface area contributed by atoms with Gasteiger partial charge in [0.15, 0.2) is 12.4 Å². The Morgan fingerprint density at radius 2 is 2.11 bits per heavy atom. The van der Waals surface area contributed by atoms with Gasteiger partial charge in [-0.05, 0) is 0 Å². The van der Waals surface area contributed by atoms with E-state index in [2.05, 4.69) is 51.3 Å². The van der Waals surface area contributed by atoms with Crippen LogP contribution in [0.2, 0.25) is 0 Å². The normalized spacial score (nSPS) is 10.5. The molecule has 0 aliphatic carbocycles. The highest BCUT2D eigenvalue weighted by Crippen LogP contribution is 2.23. The fraction of sp³-hybridized carbons (Fsp3) is 0.273. The lowest BCUT2D eigenvalue weighted by Gasteiger charge is -1.95. The molecule has 0 atom stereocenters. The lowest BCUT2D eigenvalue weighted by atomic mass is 10.3. The quantitative estimate of drug-likeness (QED) is 0.417. The largest absolute Gasteiger partial charge is 1.00 e. The van der Waals surface area contributed by atoms with Crippen molar-refractivity contribution in [2.45, 2.75) is 19.9 Å². The molecule has 0 bridgehead atoms. The summed E-state index contributed by atoms with van der Waals surface area (Å²) in [6.45, 7) is 3.22. The van der Waals surface area contributed by atoms with E-state index in [1.54, 1.807) is 22.2 Å². The second-order valence-electron chi connectivity index (χ2n) is 3.79. The molecule has 18 heavy (non-hydrogen) atoms. The summed E-state index contributed by atoms with van der Waals surface area (Å²) < 4.78 is 3.87. The van der Waals surface area contributed by atoms with E-state index in [4.69, 9.17) is 0 Å². The van der Waals surface area contributed by atoms with Gasteiger partial charge in [-0.25, -0.2) is 4.57 Å². The molecule has 3 heterocycles. The first-order valence-corrected chi connectivity index (χ1v) is 6.35. The Hall–Kier alpha value is -1.09. The van der Waals surface area contributed by atoms with Gasteiger partial charge < -0.3 is 24.0 Å². The Morgan fingerprint density at radius 3 is 2.78 bits per heavy atom. The highest BCUT2D eigenvalue weighted by atomic mass is 127. The third-order valence-electron chi connectivity index (χ3n) is 2.51. The lowest BCUT2D eigenvalue weighted by Crippen LogP contribution is -3.00. The molecular formula is C11H12IN5S. The number of fused-ring (bicyclic) bond motifs is 1. The molecule has 3 aromatic rings. The average Bonchev–Trinajstić information content (AvgIpc) is 2.90. The standard InChI is InChI=1S/C11H12N5S.HI/c1-2-5-15-6-3-9(4-7-15)10-14-16-8-12-13-11(16)17-10;/h3-4,6-8H,2,5H2,1H3;1H/q+1;/p-1. The summed E-state index contributed by atoms with van der Waals surface area (Å²) >= 11 is 1.55. The number of nitrogens with zero attached hydrogens (tertiary/aromatic N) is 5. The monoisotopic (exact) mass is 373 g/mol. The molecule has 0 spiro atoms. The van der Waals surface area contributed by atoms with Crippen LogP contribution < -0.4 is 28.5 Å². The molecule has 0 aromatic carbocycles. The smallest absolute Gasteiger partial charge is 0.234 e. The Morgan fingerprint density at radius 1 is 1.33 bits per heavy atom. The van der Waals surface area contributed by atoms with E-state index < -0.39 is 0 Å². The van der Waals surface area contributed by atoms with Gasteiger partial charge in [0.1, 0.15) is 17.9 Å². The van der Waals surface area contributed by atoms with Gasteiger partial charge in [0.2, 0.25) is 4.96 Å². The van der Waals surface area contributed by atoms with Crippen LogP contribution in [0.25, 0.3) is 15.5 Å². The minimum Gasteiger partial charge on any atom is -1.00 e. The molecule has 0 radical (unpaired) electrons. The van der Waals surface area contributed by atoms with Crippen LogP contribution in [0, 0.1) is 0 Å². The van der Waals surface area contributed by atoms with E-state index >= 15 is 0 Å². The molecule has 94 valence electrons. The highest BCUT2D eigenvalue weighted by molar-refractivity contribution is 7.19. The molecule has 0 aliphatic rings. The Labute approximate surface area is 126 Å². The number of hydrogen-bond acceptors (Lipinski definition) is 4. The Balaban J connectivity index is 0.00000120. The van der Waals surface area contributed by atoms with E-state index in [1.807, 2.05) is 0 Å². The van der Waals surface area contributed by atoms with Gasteiger partial charge in [-0.15, -0.1) is 10.2 Å². The van der Waals surface area contributed by atoms with Crippen LogP contribution in [-0.2, 0) is 6.54 Å². The SMILES string of the molecule is CCC[n+]1ccc(-c2nn3cnnc3s2)cc1.[I-]. The summed E-state index contributed by atoms with van der Waals surface area (Å²) in [5.74, 6) is 0. The first-order valence-electron chi connectivity index (χ1n) is 5.53. The molecule has 3 aromatic heterocycles. The van der Waals surface area contributed by atoms with Crippen molar-refractivity contribution in [3.8, 4) is 10.6 Å². The maximum Gasteiger partial charge on any atom is 0.234 e. The summed E-state index contributed by atoms with van der Waals surface area (Å²) in [7, 11) is 0. The first-order chi connectivity index (χ1) is 8.36. The molecular weight excluding hydrogens is 361 g/mol. The second-order valence-corrected chi connectivity index (χ2v) is 4.75. The third kappa shape index (κ3) is 2.51. The minimum atomic E-state index is 0. The lowest BCUT2D eigenvalue weighted by molar-refractivity contribution is -0.696. The van der Waals surface area contributed by atoms with Crippen molar-refractivity contribution >= 4 is 16.3 Å². The third-order valence-corrected chi connectivity index (χ3v) is 3.47. The van der Waals surface area contributed by atoms with Crippen LogP contribution in [0.3, 0.4) is 0 Å². The molecule has 7 heteroatoms. The molecule has 3 rings (SSSR count). The zero-order chi connectivity index (χ0) is 11.7. The van der Waals surface area contributed by atoms with Crippen LogP contribution in [0.5, 0.6) is 0 Å². The van der Waals surface area contributed by atoms with Crippen LogP contribution >= 0.6 is 11.3 Å². The molecule has 0 unspecified atom stereocenters. The molecule has 0 aliphatic heterocycles. The van der Waals surface area contributed by atoms with Crippen molar-refractivity contribution in [2.75, 3.05) is 0 Å². The molecule has 0 saturated heterocycles. The van der Waals surface area contributed by atoms with Crippen molar-refractivity contribution in [1.29, 1.82) is 0 Å². The maximum absolute atomic E-state index is 4.42. The van der Waals surface area contributed by atoms with Crippen molar-refractivity contribution in [2.24, 2.45) is 0 Å². The fourth-order valence-corrected chi connectivity index (χ4v) is 2.51. The summed E-state index contributed by atoms with van der Waals surface area (Å²) in [4.78, 5) is 0.824. The van der Waals surface area contributed by atoms with Gasteiger partial charge in [-0.1, -0.05) is 18.3 Å². The van der Waals surface area contributed by atoms with Crippen molar-refractivity contribution in [1.82, 2.24) is 19.8 Å². The Kier molecular flexibility index (Phi) is 4.23. The Bertz CT molecular complexity index is 602. The summed E-state index contributed by atoms with van der Waals surface area (Å²) in [6.07, 6.45) is 6.93. The van der Waals surface area contributed by atoms with Gasteiger partial charge >= 0.3 is 0 Å². The van der Waals surface area contributed by atoms with E-state index in [9.17, 15) is 0 Å². The molecule has 0 amide bonds. The van der Waals surface area contributed by atoms with Crippen LogP contribution in [0.1, 0.15) is 13.3 Å². The highest BCUT2D eigenvalue weighted by Gasteiger charge is 2.08. The van der Waals surface area contributed by atoms with Gasteiger partial charge in [-0.2, -0.15) is 9.61 Å². The molecule has 5 nitrogen and oxygen atoms in total. The van der Waals surface area contributed by atoms with Crippen LogP contribution in [-0.4, -0.2) is 19.8 Å². The predicted molar refractivity (Wildman–Crippen MR) is 64.6 cm³/mol. The topological polar surface area (TPSA) is 47.0 Å². The van der Waals surface area contributed by atoms with Crippen LogP contribution in [0.15, 0.2) is 30.9 Å². The number of halogens is 1. The van der Waals surface area contributed by atoms with Gasteiger partial charge in [0, 0.05) is 24.1 Å². The van der Waals surface area contributed by atoms with E-state index in [1.165, 1.54) is 0 Å². The summed E-state index contributed by atoms with van der Waals surface area (Å²) in [5, 5.41) is 13.2. The van der Waals surface area contributed by atoms with E-state index in [0.29, 0.717) is 0 Å². The van der Waals surface area contributed by atoms with Crippen molar-refractivity contribution in [3.63, 3.8) is 0 Å². The number of rotatable bonds is 3. The second kappa shape index (κ2) is 5.70. The van der Waals surface area contributed by atoms with Crippen molar-refractivity contribution in [3.05, 3.63) is 30.9 Å². The summed E-state index contributed by atoms with van der Waals surface area (Å²) in [6, 6.07) is 4.17. The van der Waals surface area contributed by atoms with Crippen molar-refractivity contribution < 1.29 is 28.5 Å². The molecule has 0 N–H and O–H groups in total.